The number of hydrogen-bond donors (Lipinski definition) is 1. The maximum atomic E-state index is 10.6. The standard InChI is InChI=1S/C13H12ClN3O2/c1-15-12-11(8-16-13(14)17-12)19-10-5-3-2-4-9(10)6-7-18/h2-5,7-8H,6H2,1H3,(H,15,16,17). The number of nitrogens with zero attached hydrogens (tertiary/aromatic N) is 2. The lowest BCUT2D eigenvalue weighted by Gasteiger charge is -2.12. The molecule has 0 saturated heterocycles. The molecule has 0 aliphatic rings. The Morgan fingerprint density at radius 1 is 1.37 bits per heavy atom. The Labute approximate surface area is 115 Å². The fraction of sp³-hybridized carbons (Fsp3) is 0.154. The molecule has 98 valence electrons. The highest BCUT2D eigenvalue weighted by Crippen LogP contribution is 2.30. The summed E-state index contributed by atoms with van der Waals surface area (Å²) < 4.78 is 5.73. The van der Waals surface area contributed by atoms with Crippen molar-refractivity contribution in [2.24, 2.45) is 0 Å². The lowest BCUT2D eigenvalue weighted by Crippen LogP contribution is -2.00. The second-order valence-electron chi connectivity index (χ2n) is 3.68. The molecule has 2 rings (SSSR count). The molecule has 5 nitrogen and oxygen atoms in total. The van der Waals surface area contributed by atoms with Crippen LogP contribution in [-0.2, 0) is 11.2 Å². The fourth-order valence-electron chi connectivity index (χ4n) is 1.58. The van der Waals surface area contributed by atoms with Crippen molar-refractivity contribution in [2.75, 3.05) is 12.4 Å². The number of carbonyl (C=O) groups is 1. The van der Waals surface area contributed by atoms with E-state index in [1.165, 1.54) is 6.20 Å². The van der Waals surface area contributed by atoms with E-state index in [9.17, 15) is 4.79 Å². The third kappa shape index (κ3) is 3.20. The highest BCUT2D eigenvalue weighted by molar-refractivity contribution is 6.28. The van der Waals surface area contributed by atoms with Crippen LogP contribution in [0, 0.1) is 0 Å². The molecule has 1 aromatic heterocycles. The van der Waals surface area contributed by atoms with E-state index in [4.69, 9.17) is 16.3 Å². The number of ether oxygens (including phenoxy) is 1. The number of para-hydroxylation sites is 1. The first-order valence-corrected chi connectivity index (χ1v) is 6.02. The number of hydrogen-bond acceptors (Lipinski definition) is 5. The quantitative estimate of drug-likeness (QED) is 0.672. The highest BCUT2D eigenvalue weighted by Gasteiger charge is 2.09. The van der Waals surface area contributed by atoms with Crippen LogP contribution in [0.1, 0.15) is 5.56 Å². The number of aldehydes is 1. The summed E-state index contributed by atoms with van der Waals surface area (Å²) in [5, 5.41) is 3.01. The molecular weight excluding hydrogens is 266 g/mol. The average Bonchev–Trinajstić information content (AvgIpc) is 2.43. The normalized spacial score (nSPS) is 10.0. The Hall–Kier alpha value is -2.14. The van der Waals surface area contributed by atoms with E-state index in [1.54, 1.807) is 13.1 Å². The van der Waals surface area contributed by atoms with Gasteiger partial charge in [-0.2, -0.15) is 4.98 Å². The highest BCUT2D eigenvalue weighted by atomic mass is 35.5. The molecular formula is C13H12ClN3O2. The summed E-state index contributed by atoms with van der Waals surface area (Å²) in [7, 11) is 1.71. The van der Waals surface area contributed by atoms with E-state index in [1.807, 2.05) is 18.2 Å². The largest absolute Gasteiger partial charge is 0.452 e. The minimum Gasteiger partial charge on any atom is -0.452 e. The molecule has 1 aromatic carbocycles. The Kier molecular flexibility index (Phi) is 4.30. The Morgan fingerprint density at radius 3 is 2.89 bits per heavy atom. The lowest BCUT2D eigenvalue weighted by atomic mass is 10.1. The van der Waals surface area contributed by atoms with Gasteiger partial charge in [-0.05, 0) is 17.7 Å². The molecule has 0 amide bonds. The first-order chi connectivity index (χ1) is 9.24. The van der Waals surface area contributed by atoms with E-state index in [0.717, 1.165) is 11.8 Å². The molecule has 0 aliphatic heterocycles. The molecule has 1 N–H and O–H groups in total. The molecule has 2 aromatic rings. The zero-order valence-electron chi connectivity index (χ0n) is 10.3. The summed E-state index contributed by atoms with van der Waals surface area (Å²) in [5.74, 6) is 1.53. The van der Waals surface area contributed by atoms with Crippen LogP contribution in [0.15, 0.2) is 30.5 Å². The van der Waals surface area contributed by atoms with Gasteiger partial charge in [0.15, 0.2) is 11.6 Å². The van der Waals surface area contributed by atoms with Gasteiger partial charge >= 0.3 is 0 Å². The van der Waals surface area contributed by atoms with Crippen LogP contribution < -0.4 is 10.1 Å². The first-order valence-electron chi connectivity index (χ1n) is 5.64. The van der Waals surface area contributed by atoms with E-state index < -0.39 is 0 Å². The lowest BCUT2D eigenvalue weighted by molar-refractivity contribution is -0.107. The van der Waals surface area contributed by atoms with Gasteiger partial charge in [0, 0.05) is 19.0 Å². The number of benzene rings is 1. The summed E-state index contributed by atoms with van der Waals surface area (Å²) in [4.78, 5) is 18.5. The van der Waals surface area contributed by atoms with Gasteiger partial charge in [0.1, 0.15) is 12.0 Å². The molecule has 19 heavy (non-hydrogen) atoms. The third-order valence-corrected chi connectivity index (χ3v) is 2.64. The number of nitrogens with one attached hydrogen (secondary N) is 1. The van der Waals surface area contributed by atoms with E-state index in [-0.39, 0.29) is 5.28 Å². The van der Waals surface area contributed by atoms with Crippen LogP contribution in [-0.4, -0.2) is 23.3 Å². The van der Waals surface area contributed by atoms with Crippen LogP contribution in [0.2, 0.25) is 5.28 Å². The van der Waals surface area contributed by atoms with Gasteiger partial charge < -0.3 is 14.8 Å². The number of halogens is 1. The molecule has 0 unspecified atom stereocenters. The Bertz CT molecular complexity index is 590. The molecule has 0 aliphatic carbocycles. The SMILES string of the molecule is CNc1nc(Cl)ncc1Oc1ccccc1CC=O. The van der Waals surface area contributed by atoms with Gasteiger partial charge in [-0.15, -0.1) is 0 Å². The van der Waals surface area contributed by atoms with Crippen LogP contribution in [0.5, 0.6) is 11.5 Å². The van der Waals surface area contributed by atoms with E-state index in [2.05, 4.69) is 15.3 Å². The first kappa shape index (κ1) is 13.3. The van der Waals surface area contributed by atoms with Crippen molar-refractivity contribution < 1.29 is 9.53 Å². The monoisotopic (exact) mass is 277 g/mol. The average molecular weight is 278 g/mol. The minimum atomic E-state index is 0.137. The van der Waals surface area contributed by atoms with Gasteiger partial charge in [-0.1, -0.05) is 18.2 Å². The zero-order valence-corrected chi connectivity index (χ0v) is 11.0. The summed E-state index contributed by atoms with van der Waals surface area (Å²) in [5.41, 5.74) is 0.800. The van der Waals surface area contributed by atoms with Crippen molar-refractivity contribution in [1.82, 2.24) is 9.97 Å². The van der Waals surface area contributed by atoms with Crippen molar-refractivity contribution in [2.45, 2.75) is 6.42 Å². The fourth-order valence-corrected chi connectivity index (χ4v) is 1.72. The molecule has 0 fully saturated rings. The second kappa shape index (κ2) is 6.15. The van der Waals surface area contributed by atoms with Gasteiger partial charge in [0.2, 0.25) is 5.28 Å². The summed E-state index contributed by atoms with van der Waals surface area (Å²) in [6.45, 7) is 0. The van der Waals surface area contributed by atoms with Crippen LogP contribution in [0.25, 0.3) is 0 Å². The Balaban J connectivity index is 2.33. The van der Waals surface area contributed by atoms with Crippen molar-refractivity contribution in [3.05, 3.63) is 41.3 Å². The second-order valence-corrected chi connectivity index (χ2v) is 4.02. The van der Waals surface area contributed by atoms with Crippen LogP contribution >= 0.6 is 11.6 Å². The number of carbonyl (C=O) groups excluding carboxylic acids is 1. The summed E-state index contributed by atoms with van der Waals surface area (Å²) in [6.07, 6.45) is 2.61. The van der Waals surface area contributed by atoms with Crippen molar-refractivity contribution >= 4 is 23.7 Å². The summed E-state index contributed by atoms with van der Waals surface area (Å²) in [6, 6.07) is 7.30. The van der Waals surface area contributed by atoms with Gasteiger partial charge in [-0.25, -0.2) is 4.98 Å². The number of rotatable bonds is 5. The zero-order chi connectivity index (χ0) is 13.7. The third-order valence-electron chi connectivity index (χ3n) is 2.46. The minimum absolute atomic E-state index is 0.137. The maximum Gasteiger partial charge on any atom is 0.224 e. The molecule has 0 radical (unpaired) electrons. The van der Waals surface area contributed by atoms with Gasteiger partial charge in [0.05, 0.1) is 6.20 Å². The molecule has 6 heteroatoms. The van der Waals surface area contributed by atoms with E-state index >= 15 is 0 Å². The predicted octanol–water partition coefficient (Wildman–Crippen LogP) is 2.71. The summed E-state index contributed by atoms with van der Waals surface area (Å²) >= 11 is 5.72. The molecule has 0 bridgehead atoms. The molecule has 1 heterocycles. The molecule has 0 spiro atoms. The number of aromatic nitrogens is 2. The van der Waals surface area contributed by atoms with Gasteiger partial charge in [0.25, 0.3) is 0 Å². The Morgan fingerprint density at radius 2 is 2.16 bits per heavy atom. The topological polar surface area (TPSA) is 64.1 Å². The predicted molar refractivity (Wildman–Crippen MR) is 72.9 cm³/mol. The molecule has 0 atom stereocenters. The van der Waals surface area contributed by atoms with Gasteiger partial charge in [-0.3, -0.25) is 0 Å². The smallest absolute Gasteiger partial charge is 0.224 e. The van der Waals surface area contributed by atoms with E-state index in [0.29, 0.717) is 23.7 Å². The molecule has 0 saturated carbocycles. The number of anilines is 1. The maximum absolute atomic E-state index is 10.6. The van der Waals surface area contributed by atoms with Crippen molar-refractivity contribution in [1.29, 1.82) is 0 Å². The van der Waals surface area contributed by atoms with Crippen molar-refractivity contribution in [3.8, 4) is 11.5 Å². The van der Waals surface area contributed by atoms with Crippen molar-refractivity contribution in [3.63, 3.8) is 0 Å². The van der Waals surface area contributed by atoms with Crippen LogP contribution in [0.3, 0.4) is 0 Å². The van der Waals surface area contributed by atoms with Crippen LogP contribution in [0.4, 0.5) is 5.82 Å².